The van der Waals surface area contributed by atoms with Crippen molar-refractivity contribution < 1.29 is 19.0 Å². The number of rotatable bonds is 9. The van der Waals surface area contributed by atoms with Gasteiger partial charge in [0.2, 0.25) is 5.88 Å². The summed E-state index contributed by atoms with van der Waals surface area (Å²) in [7, 11) is 0. The number of nitriles is 1. The SMILES string of the molecule is Cc1ncsc1Cn1c(CN2CCC(c3cccc(OCc4ccc(C#N)cc4F)n3)CC2)nc2ccc(C(=O)O)cc21. The molecular weight excluding hydrogens is 567 g/mol. The van der Waals surface area contributed by atoms with Crippen molar-refractivity contribution in [3.05, 3.63) is 105 Å². The lowest BCUT2D eigenvalue weighted by atomic mass is 9.93. The molecule has 0 bridgehead atoms. The molecule has 1 aliphatic rings. The van der Waals surface area contributed by atoms with Gasteiger partial charge < -0.3 is 14.4 Å². The Morgan fingerprint density at radius 2 is 1.98 bits per heavy atom. The third-order valence-electron chi connectivity index (χ3n) is 7.89. The quantitative estimate of drug-likeness (QED) is 0.223. The van der Waals surface area contributed by atoms with Gasteiger partial charge in [0.15, 0.2) is 0 Å². The molecule has 1 saturated heterocycles. The van der Waals surface area contributed by atoms with Crippen LogP contribution in [0.3, 0.4) is 0 Å². The van der Waals surface area contributed by atoms with Crippen LogP contribution in [0.15, 0.2) is 60.1 Å². The van der Waals surface area contributed by atoms with Crippen LogP contribution >= 0.6 is 11.3 Å². The average molecular weight is 597 g/mol. The van der Waals surface area contributed by atoms with Crippen molar-refractivity contribution in [2.75, 3.05) is 13.1 Å². The molecular formula is C32H29FN6O3S. The van der Waals surface area contributed by atoms with Gasteiger partial charge in [-0.25, -0.2) is 24.1 Å². The van der Waals surface area contributed by atoms with E-state index in [-0.39, 0.29) is 23.7 Å². The number of aromatic nitrogens is 4. The van der Waals surface area contributed by atoms with E-state index in [1.807, 2.05) is 30.6 Å². The Morgan fingerprint density at radius 3 is 2.70 bits per heavy atom. The maximum absolute atomic E-state index is 14.3. The Morgan fingerprint density at radius 1 is 1.14 bits per heavy atom. The number of benzene rings is 2. The minimum Gasteiger partial charge on any atom is -0.478 e. The smallest absolute Gasteiger partial charge is 0.335 e. The zero-order valence-electron chi connectivity index (χ0n) is 23.5. The van der Waals surface area contributed by atoms with Crippen molar-refractivity contribution in [3.8, 4) is 11.9 Å². The molecule has 0 unspecified atom stereocenters. The number of ether oxygens (including phenoxy) is 1. The van der Waals surface area contributed by atoms with Gasteiger partial charge in [-0.15, -0.1) is 11.3 Å². The Kier molecular flexibility index (Phi) is 8.13. The summed E-state index contributed by atoms with van der Waals surface area (Å²) in [5.74, 6) is 0.171. The van der Waals surface area contributed by atoms with Gasteiger partial charge in [0.25, 0.3) is 0 Å². The number of pyridine rings is 1. The number of carboxylic acid groups (broad SMARTS) is 1. The number of halogens is 1. The van der Waals surface area contributed by atoms with Gasteiger partial charge in [-0.3, -0.25) is 4.90 Å². The lowest BCUT2D eigenvalue weighted by molar-refractivity contribution is 0.0697. The summed E-state index contributed by atoms with van der Waals surface area (Å²) < 4.78 is 22.2. The van der Waals surface area contributed by atoms with E-state index in [2.05, 4.69) is 14.5 Å². The number of imidazole rings is 1. The third kappa shape index (κ3) is 6.26. The molecule has 6 rings (SSSR count). The first-order chi connectivity index (χ1) is 20.9. The second kappa shape index (κ2) is 12.3. The molecule has 1 aliphatic heterocycles. The topological polar surface area (TPSA) is 117 Å². The molecule has 2 aromatic carbocycles. The van der Waals surface area contributed by atoms with E-state index in [9.17, 15) is 14.3 Å². The fourth-order valence-electron chi connectivity index (χ4n) is 5.44. The summed E-state index contributed by atoms with van der Waals surface area (Å²) in [4.78, 5) is 29.2. The highest BCUT2D eigenvalue weighted by Crippen LogP contribution is 2.30. The molecule has 3 aromatic heterocycles. The fourth-order valence-corrected chi connectivity index (χ4v) is 6.20. The first-order valence-electron chi connectivity index (χ1n) is 14.0. The Balaban J connectivity index is 1.13. The molecule has 0 radical (unpaired) electrons. The summed E-state index contributed by atoms with van der Waals surface area (Å²) in [5.41, 5.74) is 6.21. The second-order valence-corrected chi connectivity index (χ2v) is 11.6. The Labute approximate surface area is 251 Å². The molecule has 9 nitrogen and oxygen atoms in total. The summed E-state index contributed by atoms with van der Waals surface area (Å²) in [6.45, 7) is 4.97. The van der Waals surface area contributed by atoms with Gasteiger partial charge in [-0.05, 0) is 69.3 Å². The van der Waals surface area contributed by atoms with Crippen LogP contribution in [-0.4, -0.2) is 48.6 Å². The van der Waals surface area contributed by atoms with Crippen LogP contribution in [0.1, 0.15) is 62.3 Å². The van der Waals surface area contributed by atoms with E-state index in [0.29, 0.717) is 24.5 Å². The first-order valence-corrected chi connectivity index (χ1v) is 14.9. The molecule has 0 spiro atoms. The monoisotopic (exact) mass is 596 g/mol. The number of aromatic carboxylic acids is 1. The van der Waals surface area contributed by atoms with Crippen LogP contribution in [0.2, 0.25) is 0 Å². The molecule has 0 saturated carbocycles. The Hall–Kier alpha value is -4.66. The molecule has 5 aromatic rings. The highest BCUT2D eigenvalue weighted by molar-refractivity contribution is 7.09. The second-order valence-electron chi connectivity index (χ2n) is 10.6. The van der Waals surface area contributed by atoms with Crippen LogP contribution in [0.4, 0.5) is 4.39 Å². The normalized spacial score (nSPS) is 14.2. The third-order valence-corrected chi connectivity index (χ3v) is 8.81. The minimum absolute atomic E-state index is 0.0302. The molecule has 43 heavy (non-hydrogen) atoms. The summed E-state index contributed by atoms with van der Waals surface area (Å²) in [6, 6.07) is 17.0. The van der Waals surface area contributed by atoms with Crippen molar-refractivity contribution >= 4 is 28.3 Å². The number of piperidine rings is 1. The predicted octanol–water partition coefficient (Wildman–Crippen LogP) is 5.91. The van der Waals surface area contributed by atoms with Crippen LogP contribution < -0.4 is 4.74 Å². The van der Waals surface area contributed by atoms with E-state index in [1.165, 1.54) is 6.07 Å². The van der Waals surface area contributed by atoms with Gasteiger partial charge in [0.1, 0.15) is 18.2 Å². The molecule has 0 amide bonds. The van der Waals surface area contributed by atoms with Crippen LogP contribution in [0, 0.1) is 24.1 Å². The standard InChI is InChI=1S/C32H29FN6O3S/c1-20-29(43-19-35-20)16-39-28-14-23(32(40)41)7-8-27(28)36-30(39)17-38-11-9-22(10-12-38)26-3-2-4-31(37-26)42-18-24-6-5-21(15-34)13-25(24)33/h2-8,13-14,19,22H,9-12,16-18H2,1H3,(H,40,41). The average Bonchev–Trinajstić information content (AvgIpc) is 3.58. The largest absolute Gasteiger partial charge is 0.478 e. The molecule has 11 heteroatoms. The molecule has 1 N–H and O–H groups in total. The van der Waals surface area contributed by atoms with Gasteiger partial charge in [-0.1, -0.05) is 12.1 Å². The van der Waals surface area contributed by atoms with Gasteiger partial charge in [0.05, 0.1) is 52.5 Å². The van der Waals surface area contributed by atoms with Crippen molar-refractivity contribution in [1.29, 1.82) is 5.26 Å². The summed E-state index contributed by atoms with van der Waals surface area (Å²) in [6.07, 6.45) is 1.83. The Bertz CT molecular complexity index is 1840. The van der Waals surface area contributed by atoms with Crippen molar-refractivity contribution in [2.24, 2.45) is 0 Å². The van der Waals surface area contributed by atoms with Crippen LogP contribution in [0.25, 0.3) is 11.0 Å². The maximum atomic E-state index is 14.3. The molecule has 218 valence electrons. The maximum Gasteiger partial charge on any atom is 0.335 e. The predicted molar refractivity (Wildman–Crippen MR) is 160 cm³/mol. The number of aryl methyl sites for hydroxylation is 1. The van der Waals surface area contributed by atoms with Gasteiger partial charge in [-0.2, -0.15) is 5.26 Å². The molecule has 4 heterocycles. The van der Waals surface area contributed by atoms with E-state index in [4.69, 9.17) is 20.0 Å². The lowest BCUT2D eigenvalue weighted by Crippen LogP contribution is -2.33. The van der Waals surface area contributed by atoms with Crippen LogP contribution in [-0.2, 0) is 19.7 Å². The summed E-state index contributed by atoms with van der Waals surface area (Å²) in [5, 5.41) is 18.5. The van der Waals surface area contributed by atoms with E-state index in [1.54, 1.807) is 47.7 Å². The number of likely N-dealkylation sites (tertiary alicyclic amines) is 1. The van der Waals surface area contributed by atoms with E-state index >= 15 is 0 Å². The number of carbonyl (C=O) groups is 1. The number of hydrogen-bond donors (Lipinski definition) is 1. The number of nitrogens with zero attached hydrogens (tertiary/aromatic N) is 6. The van der Waals surface area contributed by atoms with Gasteiger partial charge in [0, 0.05) is 28.1 Å². The zero-order chi connectivity index (χ0) is 29.9. The highest BCUT2D eigenvalue weighted by Gasteiger charge is 2.24. The molecule has 1 fully saturated rings. The van der Waals surface area contributed by atoms with Crippen molar-refractivity contribution in [3.63, 3.8) is 0 Å². The van der Waals surface area contributed by atoms with Crippen molar-refractivity contribution in [1.82, 2.24) is 24.4 Å². The number of fused-ring (bicyclic) bond motifs is 1. The molecule has 0 aliphatic carbocycles. The lowest BCUT2D eigenvalue weighted by Gasteiger charge is -2.31. The van der Waals surface area contributed by atoms with E-state index < -0.39 is 11.8 Å². The highest BCUT2D eigenvalue weighted by atomic mass is 32.1. The van der Waals surface area contributed by atoms with Crippen LogP contribution in [0.5, 0.6) is 5.88 Å². The summed E-state index contributed by atoms with van der Waals surface area (Å²) >= 11 is 1.59. The van der Waals surface area contributed by atoms with Gasteiger partial charge >= 0.3 is 5.97 Å². The zero-order valence-corrected chi connectivity index (χ0v) is 24.4. The minimum atomic E-state index is -0.961. The first kappa shape index (κ1) is 28.5. The van der Waals surface area contributed by atoms with E-state index in [0.717, 1.165) is 59.1 Å². The molecule has 0 atom stereocenters. The number of carboxylic acids is 1. The number of hydrogen-bond acceptors (Lipinski definition) is 8. The fraction of sp³-hybridized carbons (Fsp3) is 0.281. The number of thiazole rings is 1. The van der Waals surface area contributed by atoms with Crippen molar-refractivity contribution in [2.45, 2.75) is 45.4 Å².